The molecule has 6 heteroatoms. The van der Waals surface area contributed by atoms with Crippen LogP contribution in [0.2, 0.25) is 5.02 Å². The van der Waals surface area contributed by atoms with Gasteiger partial charge in [-0.25, -0.2) is 0 Å². The Kier molecular flexibility index (Phi) is 10.4. The molecule has 4 nitrogen and oxygen atoms in total. The first-order valence-electron chi connectivity index (χ1n) is 6.70. The summed E-state index contributed by atoms with van der Waals surface area (Å²) in [5, 5.41) is 10.4. The molecule has 0 saturated carbocycles. The summed E-state index contributed by atoms with van der Waals surface area (Å²) in [6, 6.07) is 7.23. The molecule has 0 radical (unpaired) electrons. The molecule has 0 aromatic heterocycles. The third kappa shape index (κ3) is 6.97. The van der Waals surface area contributed by atoms with Gasteiger partial charge in [0.25, 0.3) is 0 Å². The number of halogens is 1. The number of nitrogens with one attached hydrogen (secondary N) is 1. The largest absolute Gasteiger partial charge is 1.00 e. The number of aliphatic hydroxyl groups excluding tert-OH is 1. The Morgan fingerprint density at radius 1 is 1.27 bits per heavy atom. The number of hydrogen-bond acceptors (Lipinski definition) is 2. The Hall–Kier alpha value is -0.810. The fraction of sp³-hybridized carbons (Fsp3) is 0.375. The summed E-state index contributed by atoms with van der Waals surface area (Å²) in [5.74, 6) is 0.216. The first-order valence-corrected chi connectivity index (χ1v) is 7.08. The molecular weight excluding hydrogens is 313 g/mol. The molecule has 1 aromatic rings. The Morgan fingerprint density at radius 2 is 1.82 bits per heavy atom. The number of hydrogen-bond donors (Lipinski definition) is 2. The molecule has 114 valence electrons. The molecule has 1 unspecified atom stereocenters. The van der Waals surface area contributed by atoms with Crippen molar-refractivity contribution in [2.45, 2.75) is 33.1 Å². The molecule has 0 aliphatic heterocycles. The van der Waals surface area contributed by atoms with Crippen LogP contribution in [0.5, 0.6) is 0 Å². The Labute approximate surface area is 158 Å². The van der Waals surface area contributed by atoms with Gasteiger partial charge in [0, 0.05) is 16.6 Å². The summed E-state index contributed by atoms with van der Waals surface area (Å²) in [5.41, 5.74) is 3.61. The molecule has 0 fully saturated rings. The minimum atomic E-state index is 0. The molecule has 0 bridgehead atoms. The van der Waals surface area contributed by atoms with Gasteiger partial charge in [-0.1, -0.05) is 29.2 Å². The second-order valence-electron chi connectivity index (χ2n) is 5.09. The predicted octanol–water partition coefficient (Wildman–Crippen LogP) is 1.03. The third-order valence-electron chi connectivity index (χ3n) is 3.63. The SMILES string of the molecule is CC1=C(C)CC(C(=O)Nc2ccc(Cl)cc2)CC1.O=[C-]O.[Na+]. The zero-order chi connectivity index (χ0) is 15.8. The van der Waals surface area contributed by atoms with Gasteiger partial charge in [-0.05, 0) is 57.4 Å². The van der Waals surface area contributed by atoms with Gasteiger partial charge < -0.3 is 15.2 Å². The van der Waals surface area contributed by atoms with Crippen molar-refractivity contribution in [1.29, 1.82) is 0 Å². The van der Waals surface area contributed by atoms with E-state index in [4.69, 9.17) is 21.5 Å². The van der Waals surface area contributed by atoms with Gasteiger partial charge >= 0.3 is 29.6 Å². The number of allylic oxidation sites excluding steroid dienone is 2. The summed E-state index contributed by atoms with van der Waals surface area (Å²) < 4.78 is 0. The first kappa shape index (κ1) is 21.2. The minimum Gasteiger partial charge on any atom is -0.665 e. The summed E-state index contributed by atoms with van der Waals surface area (Å²) in [7, 11) is 0. The molecule has 1 aromatic carbocycles. The molecule has 0 saturated heterocycles. The fourth-order valence-electron chi connectivity index (χ4n) is 2.25. The van der Waals surface area contributed by atoms with Crippen LogP contribution in [0.4, 0.5) is 5.69 Å². The van der Waals surface area contributed by atoms with Crippen molar-refractivity contribution in [3.63, 3.8) is 0 Å². The monoisotopic (exact) mass is 331 g/mol. The molecule has 0 spiro atoms. The number of amides is 1. The van der Waals surface area contributed by atoms with Crippen LogP contribution in [0, 0.1) is 5.92 Å². The van der Waals surface area contributed by atoms with Crippen LogP contribution < -0.4 is 34.9 Å². The maximum absolute atomic E-state index is 12.1. The summed E-state index contributed by atoms with van der Waals surface area (Å²) in [6.45, 7) is 4.78. The van der Waals surface area contributed by atoms with E-state index in [0.29, 0.717) is 11.5 Å². The third-order valence-corrected chi connectivity index (χ3v) is 3.88. The quantitative estimate of drug-likeness (QED) is 0.483. The van der Waals surface area contributed by atoms with Crippen LogP contribution in [0.1, 0.15) is 33.1 Å². The number of benzene rings is 1. The minimum absolute atomic E-state index is 0. The number of anilines is 1. The number of carbonyl (C=O) groups is 1. The summed E-state index contributed by atoms with van der Waals surface area (Å²) in [4.78, 5) is 20.4. The molecule has 22 heavy (non-hydrogen) atoms. The standard InChI is InChI=1S/C15H18ClNO.CHO2.Na/c1-10-3-4-12(9-11(10)2)15(18)17-14-7-5-13(16)6-8-14;2-1-3;/h5-8,12H,3-4,9H2,1-2H3,(H,17,18);(H,2,3);/q;-1;+1. The van der Waals surface area contributed by atoms with Crippen LogP contribution in [0.25, 0.3) is 0 Å². The molecule has 1 aliphatic rings. The van der Waals surface area contributed by atoms with Gasteiger partial charge in [0.1, 0.15) is 0 Å². The second kappa shape index (κ2) is 10.8. The molecule has 1 atom stereocenters. The van der Waals surface area contributed by atoms with E-state index in [0.717, 1.165) is 24.9 Å². The second-order valence-corrected chi connectivity index (χ2v) is 5.52. The Bertz CT molecular complexity index is 529. The van der Waals surface area contributed by atoms with Crippen LogP contribution in [-0.2, 0) is 9.59 Å². The molecule has 2 N–H and O–H groups in total. The van der Waals surface area contributed by atoms with Crippen LogP contribution in [-0.4, -0.2) is 17.5 Å². The Morgan fingerprint density at radius 3 is 2.32 bits per heavy atom. The van der Waals surface area contributed by atoms with Gasteiger partial charge in [0.05, 0.1) is 0 Å². The van der Waals surface area contributed by atoms with E-state index in [9.17, 15) is 4.79 Å². The summed E-state index contributed by atoms with van der Waals surface area (Å²) in [6.07, 6.45) is 2.86. The van der Waals surface area contributed by atoms with E-state index < -0.39 is 0 Å². The van der Waals surface area contributed by atoms with E-state index in [-0.39, 0.29) is 41.4 Å². The van der Waals surface area contributed by atoms with Gasteiger partial charge in [-0.3, -0.25) is 4.79 Å². The average Bonchev–Trinajstić information content (AvgIpc) is 2.45. The molecule has 1 amide bonds. The smallest absolute Gasteiger partial charge is 0.665 e. The van der Waals surface area contributed by atoms with Crippen molar-refractivity contribution in [2.75, 3.05) is 5.32 Å². The number of carbonyl (C=O) groups excluding carboxylic acids is 1. The van der Waals surface area contributed by atoms with Gasteiger partial charge in [-0.15, -0.1) is 0 Å². The zero-order valence-electron chi connectivity index (χ0n) is 13.1. The van der Waals surface area contributed by atoms with Gasteiger partial charge in [0.2, 0.25) is 5.91 Å². The Balaban J connectivity index is 0.00000102. The van der Waals surface area contributed by atoms with Crippen LogP contribution in [0.15, 0.2) is 35.4 Å². The topological polar surface area (TPSA) is 66.4 Å². The number of rotatable bonds is 2. The van der Waals surface area contributed by atoms with Crippen molar-refractivity contribution in [3.05, 3.63) is 40.4 Å². The van der Waals surface area contributed by atoms with Crippen molar-refractivity contribution < 1.29 is 44.3 Å². The van der Waals surface area contributed by atoms with Crippen molar-refractivity contribution >= 4 is 29.7 Å². The van der Waals surface area contributed by atoms with Gasteiger partial charge in [0.15, 0.2) is 0 Å². The molecule has 0 heterocycles. The maximum Gasteiger partial charge on any atom is 1.00 e. The average molecular weight is 332 g/mol. The van der Waals surface area contributed by atoms with E-state index in [1.54, 1.807) is 12.1 Å². The molecule has 1 aliphatic carbocycles. The van der Waals surface area contributed by atoms with E-state index >= 15 is 0 Å². The zero-order valence-corrected chi connectivity index (χ0v) is 15.9. The van der Waals surface area contributed by atoms with E-state index in [1.807, 2.05) is 12.1 Å². The van der Waals surface area contributed by atoms with E-state index in [1.165, 1.54) is 11.1 Å². The first-order chi connectivity index (χ1) is 9.97. The maximum atomic E-state index is 12.1. The fourth-order valence-corrected chi connectivity index (χ4v) is 2.38. The van der Waals surface area contributed by atoms with E-state index in [2.05, 4.69) is 19.2 Å². The van der Waals surface area contributed by atoms with Gasteiger partial charge in [-0.2, -0.15) is 0 Å². The molecular formula is C16H19ClNNaO3. The van der Waals surface area contributed by atoms with Crippen molar-refractivity contribution in [1.82, 2.24) is 0 Å². The summed E-state index contributed by atoms with van der Waals surface area (Å²) >= 11 is 5.81. The van der Waals surface area contributed by atoms with Crippen molar-refractivity contribution in [2.24, 2.45) is 5.92 Å². The van der Waals surface area contributed by atoms with Crippen LogP contribution >= 0.6 is 11.6 Å². The predicted molar refractivity (Wildman–Crippen MR) is 84.1 cm³/mol. The van der Waals surface area contributed by atoms with Crippen molar-refractivity contribution in [3.8, 4) is 0 Å². The molecule has 2 rings (SSSR count). The van der Waals surface area contributed by atoms with Crippen LogP contribution in [0.3, 0.4) is 0 Å². The normalized spacial score (nSPS) is 16.8.